The molecule has 0 fully saturated rings. The minimum Gasteiger partial charge on any atom is -0.325 e. The maximum Gasteiger partial charge on any atom is 0.244 e. The van der Waals surface area contributed by atoms with Crippen LogP contribution in [0.15, 0.2) is 82.2 Å². The number of hydrogen-bond acceptors (Lipinski definition) is 3. The number of amides is 1. The predicted octanol–water partition coefficient (Wildman–Crippen LogP) is 4.49. The summed E-state index contributed by atoms with van der Waals surface area (Å²) in [5, 5.41) is 2.85. The van der Waals surface area contributed by atoms with Crippen molar-refractivity contribution in [1.29, 1.82) is 0 Å². The van der Waals surface area contributed by atoms with Crippen LogP contribution < -0.4 is 5.32 Å². The number of carbonyl (C=O) groups is 1. The number of benzene rings is 3. The van der Waals surface area contributed by atoms with Crippen LogP contribution in [0.1, 0.15) is 22.7 Å². The Morgan fingerprint density at radius 3 is 2.41 bits per heavy atom. The van der Waals surface area contributed by atoms with E-state index in [9.17, 15) is 13.2 Å². The molecular formula is C22H19BrN2O3S. The normalized spacial score (nSPS) is 17.3. The van der Waals surface area contributed by atoms with Crippen LogP contribution >= 0.6 is 15.9 Å². The van der Waals surface area contributed by atoms with Gasteiger partial charge in [-0.2, -0.15) is 4.31 Å². The van der Waals surface area contributed by atoms with E-state index in [-0.39, 0.29) is 17.3 Å². The first-order chi connectivity index (χ1) is 13.9. The van der Waals surface area contributed by atoms with Gasteiger partial charge in [-0.3, -0.25) is 4.79 Å². The summed E-state index contributed by atoms with van der Waals surface area (Å²) in [6.07, 6.45) is 0. The number of aryl methyl sites for hydroxylation is 1. The minimum atomic E-state index is -3.94. The van der Waals surface area contributed by atoms with Crippen molar-refractivity contribution in [3.8, 4) is 0 Å². The lowest BCUT2D eigenvalue weighted by molar-refractivity contribution is -0.116. The molecule has 0 radical (unpaired) electrons. The van der Waals surface area contributed by atoms with Gasteiger partial charge in [0.1, 0.15) is 0 Å². The highest BCUT2D eigenvalue weighted by Crippen LogP contribution is 2.40. The summed E-state index contributed by atoms with van der Waals surface area (Å²) in [7, 11) is -3.94. The summed E-state index contributed by atoms with van der Waals surface area (Å²) in [4.78, 5) is 12.9. The maximum atomic E-state index is 13.7. The number of nitrogens with zero attached hydrogens (tertiary/aromatic N) is 1. The highest BCUT2D eigenvalue weighted by atomic mass is 79.9. The number of hydrogen-bond donors (Lipinski definition) is 1. The average Bonchev–Trinajstić information content (AvgIpc) is 2.85. The molecule has 7 heteroatoms. The van der Waals surface area contributed by atoms with Gasteiger partial charge in [-0.15, -0.1) is 0 Å². The first-order valence-electron chi connectivity index (χ1n) is 9.09. The molecule has 4 rings (SSSR count). The van der Waals surface area contributed by atoms with Crippen LogP contribution in [0.2, 0.25) is 0 Å². The molecule has 0 saturated heterocycles. The van der Waals surface area contributed by atoms with E-state index in [0.29, 0.717) is 16.8 Å². The first-order valence-corrected chi connectivity index (χ1v) is 11.3. The molecule has 1 aliphatic rings. The number of fused-ring (bicyclic) bond motifs is 1. The van der Waals surface area contributed by atoms with E-state index in [1.54, 1.807) is 37.3 Å². The molecule has 3 aromatic carbocycles. The third-order valence-corrected chi connectivity index (χ3v) is 7.43. The Morgan fingerprint density at radius 1 is 1.00 bits per heavy atom. The molecular weight excluding hydrogens is 452 g/mol. The van der Waals surface area contributed by atoms with Crippen molar-refractivity contribution >= 4 is 37.5 Å². The van der Waals surface area contributed by atoms with Crippen molar-refractivity contribution in [3.05, 3.63) is 94.0 Å². The van der Waals surface area contributed by atoms with Crippen molar-refractivity contribution < 1.29 is 13.2 Å². The molecule has 0 bridgehead atoms. The van der Waals surface area contributed by atoms with E-state index < -0.39 is 16.1 Å². The van der Waals surface area contributed by atoms with E-state index in [1.165, 1.54) is 4.31 Å². The maximum absolute atomic E-state index is 13.7. The molecule has 0 aromatic heterocycles. The lowest BCUT2D eigenvalue weighted by atomic mass is 9.97. The topological polar surface area (TPSA) is 66.5 Å². The quantitative estimate of drug-likeness (QED) is 0.612. The zero-order valence-electron chi connectivity index (χ0n) is 15.7. The van der Waals surface area contributed by atoms with Crippen LogP contribution in [0.25, 0.3) is 0 Å². The molecule has 1 N–H and O–H groups in total. The van der Waals surface area contributed by atoms with Crippen LogP contribution in [-0.4, -0.2) is 25.2 Å². The van der Waals surface area contributed by atoms with Gasteiger partial charge in [0.05, 0.1) is 17.5 Å². The summed E-state index contributed by atoms with van der Waals surface area (Å²) in [5.74, 6) is -0.371. The first kappa shape index (κ1) is 19.8. The molecule has 1 atom stereocenters. The Balaban J connectivity index is 1.98. The SMILES string of the molecule is Cc1ccccc1S(=O)(=O)N1CC(=O)Nc2ccc(Br)cc2[C@@H]1c1ccccc1. The van der Waals surface area contributed by atoms with E-state index in [2.05, 4.69) is 21.2 Å². The number of rotatable bonds is 3. The zero-order chi connectivity index (χ0) is 20.6. The second-order valence-corrected chi connectivity index (χ2v) is 9.68. The van der Waals surface area contributed by atoms with Crippen molar-refractivity contribution in [1.82, 2.24) is 4.31 Å². The summed E-state index contributed by atoms with van der Waals surface area (Å²) in [6.45, 7) is 1.48. The molecule has 3 aromatic rings. The van der Waals surface area contributed by atoms with Crippen molar-refractivity contribution in [2.75, 3.05) is 11.9 Å². The van der Waals surface area contributed by atoms with E-state index in [0.717, 1.165) is 10.0 Å². The number of nitrogens with one attached hydrogen (secondary N) is 1. The Kier molecular flexibility index (Phi) is 5.29. The minimum absolute atomic E-state index is 0.201. The van der Waals surface area contributed by atoms with Gasteiger partial charge in [-0.05, 0) is 47.9 Å². The molecule has 0 unspecified atom stereocenters. The number of anilines is 1. The Morgan fingerprint density at radius 2 is 1.69 bits per heavy atom. The van der Waals surface area contributed by atoms with Crippen LogP contribution in [-0.2, 0) is 14.8 Å². The summed E-state index contributed by atoms with van der Waals surface area (Å²) >= 11 is 3.48. The van der Waals surface area contributed by atoms with Gasteiger partial charge < -0.3 is 5.32 Å². The van der Waals surface area contributed by atoms with Gasteiger partial charge in [0.15, 0.2) is 0 Å². The summed E-state index contributed by atoms with van der Waals surface area (Å²) in [6, 6.07) is 21.0. The van der Waals surface area contributed by atoms with Gasteiger partial charge in [0, 0.05) is 10.2 Å². The molecule has 1 aliphatic heterocycles. The van der Waals surface area contributed by atoms with E-state index >= 15 is 0 Å². The third-order valence-electron chi connectivity index (χ3n) is 4.97. The van der Waals surface area contributed by atoms with Gasteiger partial charge in [0.25, 0.3) is 0 Å². The van der Waals surface area contributed by atoms with Crippen molar-refractivity contribution in [2.45, 2.75) is 17.9 Å². The Labute approximate surface area is 178 Å². The molecule has 0 aliphatic carbocycles. The highest BCUT2D eigenvalue weighted by Gasteiger charge is 2.39. The lowest BCUT2D eigenvalue weighted by Crippen LogP contribution is -2.39. The standard InChI is InChI=1S/C22H19BrN2O3S/c1-15-7-5-6-10-20(15)29(27,28)25-14-21(26)24-19-12-11-17(23)13-18(19)22(25)16-8-3-2-4-9-16/h2-13,22H,14H2,1H3,(H,24,26)/t22-/m0/s1. The number of carbonyl (C=O) groups excluding carboxylic acids is 1. The summed E-state index contributed by atoms with van der Waals surface area (Å²) in [5.41, 5.74) is 2.75. The van der Waals surface area contributed by atoms with Gasteiger partial charge in [-0.25, -0.2) is 8.42 Å². The summed E-state index contributed by atoms with van der Waals surface area (Å²) < 4.78 is 29.5. The molecule has 5 nitrogen and oxygen atoms in total. The second-order valence-electron chi connectivity index (χ2n) is 6.91. The molecule has 29 heavy (non-hydrogen) atoms. The lowest BCUT2D eigenvalue weighted by Gasteiger charge is -2.30. The monoisotopic (exact) mass is 470 g/mol. The fraction of sp³-hybridized carbons (Fsp3) is 0.136. The predicted molar refractivity (Wildman–Crippen MR) is 116 cm³/mol. The van der Waals surface area contributed by atoms with Gasteiger partial charge in [0.2, 0.25) is 15.9 Å². The second kappa shape index (κ2) is 7.74. The molecule has 1 amide bonds. The van der Waals surface area contributed by atoms with Crippen LogP contribution in [0, 0.1) is 6.92 Å². The molecule has 0 saturated carbocycles. The fourth-order valence-corrected chi connectivity index (χ4v) is 5.79. The van der Waals surface area contributed by atoms with Crippen LogP contribution in [0.5, 0.6) is 0 Å². The van der Waals surface area contributed by atoms with E-state index in [1.807, 2.05) is 42.5 Å². The molecule has 148 valence electrons. The Hall–Kier alpha value is -2.48. The van der Waals surface area contributed by atoms with Gasteiger partial charge >= 0.3 is 0 Å². The van der Waals surface area contributed by atoms with Crippen molar-refractivity contribution in [2.24, 2.45) is 0 Å². The average molecular weight is 471 g/mol. The highest BCUT2D eigenvalue weighted by molar-refractivity contribution is 9.10. The van der Waals surface area contributed by atoms with E-state index in [4.69, 9.17) is 0 Å². The van der Waals surface area contributed by atoms with Crippen LogP contribution in [0.4, 0.5) is 5.69 Å². The van der Waals surface area contributed by atoms with Crippen molar-refractivity contribution in [3.63, 3.8) is 0 Å². The molecule has 0 spiro atoms. The van der Waals surface area contributed by atoms with Crippen LogP contribution in [0.3, 0.4) is 0 Å². The zero-order valence-corrected chi connectivity index (χ0v) is 18.1. The smallest absolute Gasteiger partial charge is 0.244 e. The number of halogens is 1. The fourth-order valence-electron chi connectivity index (χ4n) is 3.63. The molecule has 1 heterocycles. The number of sulfonamides is 1. The van der Waals surface area contributed by atoms with Gasteiger partial charge in [-0.1, -0.05) is 64.5 Å². The third kappa shape index (κ3) is 3.73. The Bertz CT molecular complexity index is 1180. The largest absolute Gasteiger partial charge is 0.325 e.